The number of carbonyl (C=O) groups is 2. The van der Waals surface area contributed by atoms with Crippen molar-refractivity contribution in [2.24, 2.45) is 22.9 Å². The molecule has 0 radical (unpaired) electrons. The predicted octanol–water partition coefficient (Wildman–Crippen LogP) is 0.679. The summed E-state index contributed by atoms with van der Waals surface area (Å²) in [6.45, 7) is 2.19. The topological polar surface area (TPSA) is 92.0 Å². The zero-order valence-corrected chi connectivity index (χ0v) is 13.5. The van der Waals surface area contributed by atoms with Crippen molar-refractivity contribution in [2.45, 2.75) is 25.2 Å². The minimum absolute atomic E-state index is 0.144. The van der Waals surface area contributed by atoms with Gasteiger partial charge in [-0.2, -0.15) is 5.26 Å². The molecule has 2 amide bonds. The van der Waals surface area contributed by atoms with E-state index >= 15 is 0 Å². The Bertz CT molecular complexity index is 856. The fourth-order valence-corrected chi connectivity index (χ4v) is 4.68. The average Bonchev–Trinajstić information content (AvgIpc) is 3.35. The van der Waals surface area contributed by atoms with E-state index in [1.807, 2.05) is 12.1 Å². The molecule has 1 aromatic rings. The summed E-state index contributed by atoms with van der Waals surface area (Å²) in [6.07, 6.45) is -1.14. The van der Waals surface area contributed by atoms with Crippen LogP contribution in [0.5, 0.6) is 0 Å². The molecule has 0 aliphatic carbocycles. The molecular weight excluding hydrogens is 322 g/mol. The third-order valence-electron chi connectivity index (χ3n) is 5.76. The van der Waals surface area contributed by atoms with Crippen molar-refractivity contribution in [2.75, 3.05) is 6.54 Å². The second kappa shape index (κ2) is 4.90. The van der Waals surface area contributed by atoms with Crippen molar-refractivity contribution < 1.29 is 19.2 Å². The van der Waals surface area contributed by atoms with Gasteiger partial charge in [-0.15, -0.1) is 0 Å². The van der Waals surface area contributed by atoms with Crippen LogP contribution >= 0.6 is 0 Å². The molecule has 0 N–H and O–H groups in total. The Hall–Kier alpha value is -2.72. The molecule has 126 valence electrons. The highest BCUT2D eigenvalue weighted by atomic mass is 16.7. The van der Waals surface area contributed by atoms with Gasteiger partial charge in [0, 0.05) is 6.54 Å². The first kappa shape index (κ1) is 14.6. The van der Waals surface area contributed by atoms with Gasteiger partial charge in [-0.3, -0.25) is 14.5 Å². The number of rotatable bonds is 2. The Balaban J connectivity index is 1.49. The van der Waals surface area contributed by atoms with Crippen LogP contribution in [0, 0.1) is 29.1 Å². The Kier molecular flexibility index (Phi) is 2.86. The van der Waals surface area contributed by atoms with E-state index < -0.39 is 17.9 Å². The lowest BCUT2D eigenvalue weighted by atomic mass is 9.71. The van der Waals surface area contributed by atoms with Crippen LogP contribution in [0.15, 0.2) is 29.4 Å². The van der Waals surface area contributed by atoms with Crippen molar-refractivity contribution in [3.63, 3.8) is 0 Å². The first-order chi connectivity index (χ1) is 12.2. The number of carbonyl (C=O) groups excluding carboxylic acids is 2. The standard InChI is InChI=1S/C18H15N3O4/c1-2-21-17(22)10-11(18(21)23)15-16-12(14(10)24-15)13(20-25-16)9-5-3-8(7-19)4-6-9/h3-6,10-12,14-16H,2H2,1H3/t10-,11-,12+,14-,15+,16-/m1/s1. The predicted molar refractivity (Wildman–Crippen MR) is 84.1 cm³/mol. The van der Waals surface area contributed by atoms with E-state index in [9.17, 15) is 9.59 Å². The summed E-state index contributed by atoms with van der Waals surface area (Å²) in [5, 5.41) is 13.2. The van der Waals surface area contributed by atoms with Crippen LogP contribution in [0.1, 0.15) is 18.1 Å². The second-order valence-corrected chi connectivity index (χ2v) is 6.80. The highest BCUT2D eigenvalue weighted by molar-refractivity contribution is 6.09. The third kappa shape index (κ3) is 1.70. The molecule has 0 spiro atoms. The van der Waals surface area contributed by atoms with Crippen LogP contribution in [0.25, 0.3) is 0 Å². The van der Waals surface area contributed by atoms with Crippen molar-refractivity contribution in [1.82, 2.24) is 4.90 Å². The van der Waals surface area contributed by atoms with E-state index in [0.717, 1.165) is 11.3 Å². The highest BCUT2D eigenvalue weighted by Crippen LogP contribution is 2.54. The molecule has 4 aliphatic heterocycles. The number of fused-ring (bicyclic) bond motifs is 8. The van der Waals surface area contributed by atoms with Crippen LogP contribution < -0.4 is 0 Å². The number of likely N-dealkylation sites (tertiary alicyclic amines) is 1. The first-order valence-corrected chi connectivity index (χ1v) is 8.40. The number of nitriles is 1. The minimum Gasteiger partial charge on any atom is -0.389 e. The Morgan fingerprint density at radius 2 is 1.76 bits per heavy atom. The molecule has 1 aromatic carbocycles. The molecule has 2 bridgehead atoms. The number of hydrogen-bond donors (Lipinski definition) is 0. The van der Waals surface area contributed by atoms with Crippen molar-refractivity contribution in [3.05, 3.63) is 35.4 Å². The van der Waals surface area contributed by atoms with Gasteiger partial charge in [0.25, 0.3) is 0 Å². The quantitative estimate of drug-likeness (QED) is 0.740. The van der Waals surface area contributed by atoms with E-state index in [1.165, 1.54) is 4.90 Å². The van der Waals surface area contributed by atoms with E-state index in [4.69, 9.17) is 14.8 Å². The maximum atomic E-state index is 12.6. The van der Waals surface area contributed by atoms with Gasteiger partial charge < -0.3 is 9.57 Å². The highest BCUT2D eigenvalue weighted by Gasteiger charge is 2.71. The molecule has 3 fully saturated rings. The number of oxime groups is 1. The first-order valence-electron chi connectivity index (χ1n) is 8.40. The summed E-state index contributed by atoms with van der Waals surface area (Å²) in [5.74, 6) is -1.35. The lowest BCUT2D eigenvalue weighted by molar-refractivity contribution is -0.142. The molecule has 6 atom stereocenters. The number of ether oxygens (including phenoxy) is 1. The largest absolute Gasteiger partial charge is 0.389 e. The number of imide groups is 1. The Morgan fingerprint density at radius 1 is 1.08 bits per heavy atom. The maximum Gasteiger partial charge on any atom is 0.235 e. The molecule has 0 saturated carbocycles. The van der Waals surface area contributed by atoms with Crippen molar-refractivity contribution >= 4 is 17.5 Å². The average molecular weight is 337 g/mol. The fourth-order valence-electron chi connectivity index (χ4n) is 4.68. The van der Waals surface area contributed by atoms with Gasteiger partial charge >= 0.3 is 0 Å². The Labute approximate surface area is 143 Å². The molecule has 4 heterocycles. The van der Waals surface area contributed by atoms with Crippen LogP contribution in [0.2, 0.25) is 0 Å². The lowest BCUT2D eigenvalue weighted by Gasteiger charge is -2.26. The van der Waals surface area contributed by atoms with Gasteiger partial charge in [0.05, 0.1) is 41.2 Å². The minimum atomic E-state index is -0.450. The van der Waals surface area contributed by atoms with Crippen LogP contribution in [-0.2, 0) is 19.2 Å². The van der Waals surface area contributed by atoms with E-state index in [2.05, 4.69) is 11.2 Å². The second-order valence-electron chi connectivity index (χ2n) is 6.80. The van der Waals surface area contributed by atoms with E-state index in [0.29, 0.717) is 12.1 Å². The normalized spacial score (nSPS) is 37.6. The van der Waals surface area contributed by atoms with Gasteiger partial charge in [0.15, 0.2) is 6.10 Å². The summed E-state index contributed by atoms with van der Waals surface area (Å²) in [6, 6.07) is 9.19. The molecule has 7 heteroatoms. The molecule has 3 saturated heterocycles. The van der Waals surface area contributed by atoms with E-state index in [1.54, 1.807) is 19.1 Å². The number of amides is 2. The number of hydrogen-bond acceptors (Lipinski definition) is 6. The number of benzene rings is 1. The molecule has 7 nitrogen and oxygen atoms in total. The summed E-state index contributed by atoms with van der Waals surface area (Å²) >= 11 is 0. The van der Waals surface area contributed by atoms with Crippen LogP contribution in [0.3, 0.4) is 0 Å². The third-order valence-corrected chi connectivity index (χ3v) is 5.76. The molecule has 0 unspecified atom stereocenters. The molecule has 5 rings (SSSR count). The molecule has 0 aromatic heterocycles. The van der Waals surface area contributed by atoms with Gasteiger partial charge in [-0.1, -0.05) is 17.3 Å². The lowest BCUT2D eigenvalue weighted by Crippen LogP contribution is -2.45. The zero-order valence-electron chi connectivity index (χ0n) is 13.5. The SMILES string of the molecule is CCN1C(=O)[C@H]2[C@@H]3O[C@@H]([C@@H]4C(c5ccc(C#N)cc5)=NO[C@@H]34)[C@@H]2C1=O. The van der Waals surface area contributed by atoms with E-state index in [-0.39, 0.29) is 29.9 Å². The Morgan fingerprint density at radius 3 is 2.40 bits per heavy atom. The zero-order chi connectivity index (χ0) is 17.3. The van der Waals surface area contributed by atoms with Crippen molar-refractivity contribution in [1.29, 1.82) is 5.26 Å². The monoisotopic (exact) mass is 337 g/mol. The van der Waals surface area contributed by atoms with Gasteiger partial charge in [0.1, 0.15) is 6.10 Å². The van der Waals surface area contributed by atoms with Crippen LogP contribution in [-0.4, -0.2) is 47.3 Å². The summed E-state index contributed by atoms with van der Waals surface area (Å²) < 4.78 is 6.01. The smallest absolute Gasteiger partial charge is 0.235 e. The van der Waals surface area contributed by atoms with Crippen LogP contribution in [0.4, 0.5) is 0 Å². The fraction of sp³-hybridized carbons (Fsp3) is 0.444. The summed E-state index contributed by atoms with van der Waals surface area (Å²) in [5.41, 5.74) is 2.15. The van der Waals surface area contributed by atoms with Gasteiger partial charge in [-0.25, -0.2) is 0 Å². The summed E-state index contributed by atoms with van der Waals surface area (Å²) in [4.78, 5) is 32.1. The summed E-state index contributed by atoms with van der Waals surface area (Å²) in [7, 11) is 0. The van der Waals surface area contributed by atoms with Crippen molar-refractivity contribution in [3.8, 4) is 6.07 Å². The van der Waals surface area contributed by atoms with Gasteiger partial charge in [0.2, 0.25) is 11.8 Å². The number of nitrogens with zero attached hydrogens (tertiary/aromatic N) is 3. The molecular formula is C18H15N3O4. The van der Waals surface area contributed by atoms with Gasteiger partial charge in [-0.05, 0) is 24.6 Å². The molecule has 25 heavy (non-hydrogen) atoms. The maximum absolute atomic E-state index is 12.6. The molecule has 4 aliphatic rings.